The van der Waals surface area contributed by atoms with Gasteiger partial charge in [-0.2, -0.15) is 11.8 Å². The molecule has 4 atom stereocenters. The third kappa shape index (κ3) is 12.1. The Balaban J connectivity index is 5.44. The minimum Gasteiger partial charge on any atom is -0.481 e. The number of thioether (sulfide) groups is 1. The number of rotatable bonds is 16. The number of nitrogens with two attached hydrogens (primary N) is 2. The van der Waals surface area contributed by atoms with E-state index < -0.39 is 72.1 Å². The van der Waals surface area contributed by atoms with Gasteiger partial charge in [0.05, 0.1) is 12.5 Å². The molecule has 0 heterocycles. The maximum Gasteiger partial charge on any atom is 0.326 e. The van der Waals surface area contributed by atoms with Crippen LogP contribution in [-0.4, -0.2) is 82.0 Å². The highest BCUT2D eigenvalue weighted by Gasteiger charge is 2.32. The Morgan fingerprint density at radius 2 is 1.42 bits per heavy atom. The first kappa shape index (κ1) is 30.1. The summed E-state index contributed by atoms with van der Waals surface area (Å²) < 4.78 is 0. The van der Waals surface area contributed by atoms with Crippen molar-refractivity contribution in [3.8, 4) is 0 Å². The smallest absolute Gasteiger partial charge is 0.326 e. The Morgan fingerprint density at radius 1 is 0.879 bits per heavy atom. The van der Waals surface area contributed by atoms with Gasteiger partial charge < -0.3 is 37.6 Å². The van der Waals surface area contributed by atoms with Crippen molar-refractivity contribution in [1.82, 2.24) is 16.0 Å². The van der Waals surface area contributed by atoms with Crippen LogP contribution in [-0.2, 0) is 28.8 Å². The second kappa shape index (κ2) is 15.1. The fourth-order valence-electron chi connectivity index (χ4n) is 2.64. The number of hydrogen-bond donors (Lipinski definition) is 7. The van der Waals surface area contributed by atoms with Crippen molar-refractivity contribution in [2.24, 2.45) is 17.4 Å². The van der Waals surface area contributed by atoms with Gasteiger partial charge in [-0.25, -0.2) is 4.79 Å². The van der Waals surface area contributed by atoms with E-state index in [1.165, 1.54) is 11.8 Å². The fraction of sp³-hybridized carbons (Fsp3) is 0.684. The second-order valence-corrected chi connectivity index (χ2v) is 8.67. The standard InChI is InChI=1S/C19H33N5O8S/c1-9(2)15(19(31)32)24-18(30)12(8-13(21)25)23-17(29)11(6-7-33-3)22-16(28)10(20)4-5-14(26)27/h9-12,15H,4-8,20H2,1-3H3,(H2,21,25)(H,22,28)(H,23,29)(H,24,30)(H,26,27)(H,31,32). The lowest BCUT2D eigenvalue weighted by Crippen LogP contribution is -2.58. The minimum absolute atomic E-state index is 0.142. The Morgan fingerprint density at radius 3 is 1.88 bits per heavy atom. The lowest BCUT2D eigenvalue weighted by Gasteiger charge is -2.25. The van der Waals surface area contributed by atoms with E-state index >= 15 is 0 Å². The van der Waals surface area contributed by atoms with Crippen molar-refractivity contribution in [3.05, 3.63) is 0 Å². The third-order valence-electron chi connectivity index (χ3n) is 4.52. The van der Waals surface area contributed by atoms with Gasteiger partial charge in [0.25, 0.3) is 0 Å². The van der Waals surface area contributed by atoms with Crippen LogP contribution in [0.25, 0.3) is 0 Å². The lowest BCUT2D eigenvalue weighted by molar-refractivity contribution is -0.143. The summed E-state index contributed by atoms with van der Waals surface area (Å²) in [6.07, 6.45) is 0.854. The first-order chi connectivity index (χ1) is 15.3. The van der Waals surface area contributed by atoms with Crippen LogP contribution in [0.3, 0.4) is 0 Å². The molecule has 33 heavy (non-hydrogen) atoms. The molecular weight excluding hydrogens is 458 g/mol. The van der Waals surface area contributed by atoms with Gasteiger partial charge >= 0.3 is 11.9 Å². The molecule has 0 aliphatic carbocycles. The van der Waals surface area contributed by atoms with E-state index in [-0.39, 0.29) is 19.3 Å². The molecule has 0 spiro atoms. The second-order valence-electron chi connectivity index (χ2n) is 7.68. The van der Waals surface area contributed by atoms with E-state index in [0.29, 0.717) is 5.75 Å². The van der Waals surface area contributed by atoms with Crippen molar-refractivity contribution in [2.75, 3.05) is 12.0 Å². The van der Waals surface area contributed by atoms with Crippen LogP contribution >= 0.6 is 11.8 Å². The van der Waals surface area contributed by atoms with Crippen LogP contribution in [0.5, 0.6) is 0 Å². The number of carbonyl (C=O) groups excluding carboxylic acids is 4. The predicted molar refractivity (Wildman–Crippen MR) is 120 cm³/mol. The normalized spacial score (nSPS) is 14.5. The van der Waals surface area contributed by atoms with Crippen molar-refractivity contribution in [3.63, 3.8) is 0 Å². The zero-order chi connectivity index (χ0) is 25.7. The Labute approximate surface area is 195 Å². The summed E-state index contributed by atoms with van der Waals surface area (Å²) in [6, 6.07) is -5.03. The molecule has 188 valence electrons. The lowest BCUT2D eigenvalue weighted by atomic mass is 10.0. The molecule has 14 heteroatoms. The van der Waals surface area contributed by atoms with E-state index in [9.17, 15) is 33.9 Å². The molecule has 0 saturated heterocycles. The van der Waals surface area contributed by atoms with Gasteiger partial charge in [0.2, 0.25) is 23.6 Å². The molecule has 4 unspecified atom stereocenters. The molecule has 0 fully saturated rings. The highest BCUT2D eigenvalue weighted by Crippen LogP contribution is 2.06. The SMILES string of the molecule is CSCCC(NC(=O)C(N)CCC(=O)O)C(=O)NC(CC(N)=O)C(=O)NC(C(=O)O)C(C)C. The molecule has 0 rings (SSSR count). The molecule has 4 amide bonds. The van der Waals surface area contributed by atoms with E-state index in [1.807, 2.05) is 0 Å². The number of carbonyl (C=O) groups is 6. The van der Waals surface area contributed by atoms with Gasteiger partial charge in [0.1, 0.15) is 18.1 Å². The van der Waals surface area contributed by atoms with Crippen molar-refractivity contribution in [1.29, 1.82) is 0 Å². The van der Waals surface area contributed by atoms with E-state index in [2.05, 4.69) is 16.0 Å². The summed E-state index contributed by atoms with van der Waals surface area (Å²) >= 11 is 1.39. The van der Waals surface area contributed by atoms with Gasteiger partial charge in [-0.1, -0.05) is 13.8 Å². The highest BCUT2D eigenvalue weighted by molar-refractivity contribution is 7.98. The van der Waals surface area contributed by atoms with Gasteiger partial charge in [-0.05, 0) is 30.8 Å². The number of carboxylic acids is 2. The van der Waals surface area contributed by atoms with Crippen LogP contribution in [0.15, 0.2) is 0 Å². The van der Waals surface area contributed by atoms with Gasteiger partial charge in [-0.15, -0.1) is 0 Å². The molecule has 0 aromatic rings. The maximum absolute atomic E-state index is 12.8. The number of primary amides is 1. The number of aliphatic carboxylic acids is 2. The van der Waals surface area contributed by atoms with Crippen molar-refractivity contribution < 1.29 is 39.0 Å². The Hall–Kier alpha value is -2.87. The number of amides is 4. The zero-order valence-electron chi connectivity index (χ0n) is 18.8. The molecule has 0 radical (unpaired) electrons. The first-order valence-electron chi connectivity index (χ1n) is 10.2. The fourth-order valence-corrected chi connectivity index (χ4v) is 3.11. The quantitative estimate of drug-likeness (QED) is 0.125. The molecule has 0 aromatic heterocycles. The van der Waals surface area contributed by atoms with Crippen LogP contribution in [0.2, 0.25) is 0 Å². The number of nitrogens with one attached hydrogen (secondary N) is 3. The molecular formula is C19H33N5O8S. The molecule has 9 N–H and O–H groups in total. The highest BCUT2D eigenvalue weighted by atomic mass is 32.2. The summed E-state index contributed by atoms with van der Waals surface area (Å²) in [5.41, 5.74) is 10.8. The summed E-state index contributed by atoms with van der Waals surface area (Å²) in [6.45, 7) is 3.14. The first-order valence-corrected chi connectivity index (χ1v) is 11.6. The van der Waals surface area contributed by atoms with Gasteiger partial charge in [0, 0.05) is 6.42 Å². The van der Waals surface area contributed by atoms with Gasteiger partial charge in [0.15, 0.2) is 0 Å². The van der Waals surface area contributed by atoms with E-state index in [4.69, 9.17) is 16.6 Å². The average Bonchev–Trinajstić information content (AvgIpc) is 2.71. The maximum atomic E-state index is 12.8. The van der Waals surface area contributed by atoms with Crippen molar-refractivity contribution >= 4 is 47.3 Å². The van der Waals surface area contributed by atoms with Crippen LogP contribution in [0.4, 0.5) is 0 Å². The molecule has 0 aromatic carbocycles. The molecule has 13 nitrogen and oxygen atoms in total. The minimum atomic E-state index is -1.47. The average molecular weight is 492 g/mol. The Bertz CT molecular complexity index is 733. The van der Waals surface area contributed by atoms with Gasteiger partial charge in [-0.3, -0.25) is 24.0 Å². The summed E-state index contributed by atoms with van der Waals surface area (Å²) in [5, 5.41) is 25.0. The predicted octanol–water partition coefficient (Wildman–Crippen LogP) is -2.00. The topological polar surface area (TPSA) is 231 Å². The third-order valence-corrected chi connectivity index (χ3v) is 5.16. The monoisotopic (exact) mass is 491 g/mol. The molecule has 0 bridgehead atoms. The molecule has 0 aliphatic rings. The van der Waals surface area contributed by atoms with E-state index in [1.54, 1.807) is 20.1 Å². The number of carboxylic acid groups (broad SMARTS) is 2. The van der Waals surface area contributed by atoms with Crippen LogP contribution < -0.4 is 27.4 Å². The van der Waals surface area contributed by atoms with E-state index in [0.717, 1.165) is 0 Å². The number of hydrogen-bond acceptors (Lipinski definition) is 8. The van der Waals surface area contributed by atoms with Crippen LogP contribution in [0.1, 0.15) is 39.5 Å². The molecule has 0 saturated carbocycles. The zero-order valence-corrected chi connectivity index (χ0v) is 19.6. The van der Waals surface area contributed by atoms with Crippen molar-refractivity contribution in [2.45, 2.75) is 63.7 Å². The Kier molecular flexibility index (Phi) is 13.7. The summed E-state index contributed by atoms with van der Waals surface area (Å²) in [4.78, 5) is 71.1. The summed E-state index contributed by atoms with van der Waals surface area (Å²) in [7, 11) is 0. The largest absolute Gasteiger partial charge is 0.481 e. The van der Waals surface area contributed by atoms with Crippen LogP contribution in [0, 0.1) is 5.92 Å². The summed E-state index contributed by atoms with van der Waals surface area (Å²) in [5.74, 6) is -5.83. The molecule has 0 aliphatic heterocycles.